The number of hydrogen-bond donors (Lipinski definition) is 1. The Bertz CT molecular complexity index is 654. The highest BCUT2D eigenvalue weighted by Gasteiger charge is 2.47. The molecule has 0 unspecified atom stereocenters. The molecular formula is C17H23N3O3. The normalized spacial score (nSPS) is 31.4. The lowest BCUT2D eigenvalue weighted by Gasteiger charge is -2.40. The Morgan fingerprint density at radius 1 is 1.43 bits per heavy atom. The van der Waals surface area contributed by atoms with E-state index >= 15 is 0 Å². The van der Waals surface area contributed by atoms with Crippen LogP contribution in [0.1, 0.15) is 38.5 Å². The molecule has 4 rings (SSSR count). The third-order valence-corrected chi connectivity index (χ3v) is 5.57. The fraction of sp³-hybridized carbons (Fsp3) is 0.647. The van der Waals surface area contributed by atoms with Gasteiger partial charge in [0.2, 0.25) is 11.7 Å². The fourth-order valence-corrected chi connectivity index (χ4v) is 4.30. The maximum Gasteiger partial charge on any atom is 0.241 e. The van der Waals surface area contributed by atoms with Crippen molar-refractivity contribution in [1.82, 2.24) is 15.0 Å². The molecule has 1 N–H and O–H groups in total. The summed E-state index contributed by atoms with van der Waals surface area (Å²) in [5.41, 5.74) is -0.494. The summed E-state index contributed by atoms with van der Waals surface area (Å²) < 4.78 is 10.6. The predicted octanol–water partition coefficient (Wildman–Crippen LogP) is 2.70. The van der Waals surface area contributed by atoms with E-state index in [1.165, 1.54) is 6.42 Å². The van der Waals surface area contributed by atoms with Gasteiger partial charge in [0.05, 0.1) is 18.4 Å². The number of nitrogens with zero attached hydrogens (tertiary/aromatic N) is 3. The molecular weight excluding hydrogens is 294 g/mol. The first kappa shape index (κ1) is 14.9. The molecule has 2 aromatic rings. The number of aliphatic hydroxyl groups is 1. The molecule has 124 valence electrons. The first-order valence-electron chi connectivity index (χ1n) is 8.49. The van der Waals surface area contributed by atoms with Crippen LogP contribution in [-0.4, -0.2) is 38.8 Å². The molecule has 3 atom stereocenters. The molecule has 0 amide bonds. The molecule has 1 aliphatic heterocycles. The van der Waals surface area contributed by atoms with Gasteiger partial charge in [-0.2, -0.15) is 4.98 Å². The molecule has 2 aliphatic rings. The van der Waals surface area contributed by atoms with E-state index in [0.717, 1.165) is 32.4 Å². The van der Waals surface area contributed by atoms with E-state index in [2.05, 4.69) is 22.0 Å². The van der Waals surface area contributed by atoms with Crippen LogP contribution in [0.15, 0.2) is 27.3 Å². The van der Waals surface area contributed by atoms with Gasteiger partial charge < -0.3 is 14.0 Å². The van der Waals surface area contributed by atoms with Crippen LogP contribution >= 0.6 is 0 Å². The lowest BCUT2D eigenvalue weighted by molar-refractivity contribution is -0.0614. The van der Waals surface area contributed by atoms with E-state index in [1.807, 2.05) is 12.1 Å². The predicted molar refractivity (Wildman–Crippen MR) is 83.3 cm³/mol. The zero-order chi connectivity index (χ0) is 15.9. The van der Waals surface area contributed by atoms with E-state index in [0.29, 0.717) is 35.9 Å². The molecule has 6 heteroatoms. The number of rotatable bonds is 4. The molecule has 23 heavy (non-hydrogen) atoms. The maximum absolute atomic E-state index is 10.9. The van der Waals surface area contributed by atoms with E-state index in [4.69, 9.17) is 8.94 Å². The summed E-state index contributed by atoms with van der Waals surface area (Å²) in [6, 6.07) is 3.63. The molecule has 3 heterocycles. The Balaban J connectivity index is 1.44. The van der Waals surface area contributed by atoms with Crippen molar-refractivity contribution < 1.29 is 14.0 Å². The van der Waals surface area contributed by atoms with Crippen LogP contribution in [-0.2, 0) is 6.54 Å². The van der Waals surface area contributed by atoms with Gasteiger partial charge in [0.1, 0.15) is 0 Å². The third kappa shape index (κ3) is 2.70. The smallest absolute Gasteiger partial charge is 0.241 e. The van der Waals surface area contributed by atoms with Crippen molar-refractivity contribution in [2.45, 2.75) is 44.8 Å². The zero-order valence-corrected chi connectivity index (χ0v) is 13.4. The van der Waals surface area contributed by atoms with Gasteiger partial charge >= 0.3 is 0 Å². The minimum Gasteiger partial charge on any atom is -0.461 e. The third-order valence-electron chi connectivity index (χ3n) is 5.57. The standard InChI is InChI=1S/C17H23N3O3/c1-2-17(21)7-3-5-12-9-20(10-13(12)17)11-15-18-16(19-23-15)14-6-4-8-22-14/h4,6,8,12-13,21H,2-3,5,7,9-11H2,1H3/t12-,13+,17-/m0/s1. The van der Waals surface area contributed by atoms with Crippen LogP contribution in [0.5, 0.6) is 0 Å². The lowest BCUT2D eigenvalue weighted by atomic mass is 9.69. The van der Waals surface area contributed by atoms with Crippen LogP contribution < -0.4 is 0 Å². The largest absolute Gasteiger partial charge is 0.461 e. The molecule has 0 bridgehead atoms. The van der Waals surface area contributed by atoms with Gasteiger partial charge in [-0.15, -0.1) is 0 Å². The van der Waals surface area contributed by atoms with E-state index in [9.17, 15) is 5.11 Å². The van der Waals surface area contributed by atoms with Crippen molar-refractivity contribution in [3.05, 3.63) is 24.3 Å². The summed E-state index contributed by atoms with van der Waals surface area (Å²) in [6.45, 7) is 4.65. The van der Waals surface area contributed by atoms with Gasteiger partial charge in [0.25, 0.3) is 0 Å². The van der Waals surface area contributed by atoms with Crippen molar-refractivity contribution in [3.8, 4) is 11.6 Å². The van der Waals surface area contributed by atoms with Crippen LogP contribution in [0.25, 0.3) is 11.6 Å². The molecule has 1 saturated heterocycles. The summed E-state index contributed by atoms with van der Waals surface area (Å²) in [4.78, 5) is 6.75. The van der Waals surface area contributed by atoms with Crippen LogP contribution in [0.3, 0.4) is 0 Å². The Labute approximate surface area is 135 Å². The summed E-state index contributed by atoms with van der Waals surface area (Å²) in [7, 11) is 0. The fourth-order valence-electron chi connectivity index (χ4n) is 4.30. The van der Waals surface area contributed by atoms with Gasteiger partial charge in [-0.05, 0) is 37.3 Å². The Kier molecular flexibility index (Phi) is 3.73. The maximum atomic E-state index is 10.9. The molecule has 1 saturated carbocycles. The highest BCUT2D eigenvalue weighted by Crippen LogP contribution is 2.44. The molecule has 1 aliphatic carbocycles. The first-order chi connectivity index (χ1) is 11.2. The SMILES string of the molecule is CC[C@]1(O)CCC[C@H]2CN(Cc3nc(-c4ccco4)no3)C[C@H]21. The van der Waals surface area contributed by atoms with Crippen molar-refractivity contribution in [2.24, 2.45) is 11.8 Å². The average molecular weight is 317 g/mol. The number of furan rings is 1. The minimum absolute atomic E-state index is 0.369. The summed E-state index contributed by atoms with van der Waals surface area (Å²) in [5.74, 6) is 2.67. The van der Waals surface area contributed by atoms with Crippen LogP contribution in [0, 0.1) is 11.8 Å². The second kappa shape index (κ2) is 5.76. The quantitative estimate of drug-likeness (QED) is 0.934. The number of hydrogen-bond acceptors (Lipinski definition) is 6. The van der Waals surface area contributed by atoms with Gasteiger partial charge in [-0.25, -0.2) is 0 Å². The van der Waals surface area contributed by atoms with Crippen molar-refractivity contribution in [2.75, 3.05) is 13.1 Å². The topological polar surface area (TPSA) is 75.5 Å². The molecule has 0 radical (unpaired) electrons. The number of aromatic nitrogens is 2. The second-order valence-electron chi connectivity index (χ2n) is 6.90. The minimum atomic E-state index is -0.494. The summed E-state index contributed by atoms with van der Waals surface area (Å²) in [6.07, 6.45) is 5.71. The van der Waals surface area contributed by atoms with E-state index in [1.54, 1.807) is 6.26 Å². The van der Waals surface area contributed by atoms with Crippen molar-refractivity contribution in [3.63, 3.8) is 0 Å². The first-order valence-corrected chi connectivity index (χ1v) is 8.49. The van der Waals surface area contributed by atoms with Gasteiger partial charge in [0, 0.05) is 19.0 Å². The summed E-state index contributed by atoms with van der Waals surface area (Å²) in [5, 5.41) is 14.9. The van der Waals surface area contributed by atoms with Crippen LogP contribution in [0.4, 0.5) is 0 Å². The Hall–Kier alpha value is -1.66. The van der Waals surface area contributed by atoms with Gasteiger partial charge in [-0.3, -0.25) is 4.90 Å². The van der Waals surface area contributed by atoms with Crippen molar-refractivity contribution in [1.29, 1.82) is 0 Å². The number of fused-ring (bicyclic) bond motifs is 1. The number of likely N-dealkylation sites (tertiary alicyclic amines) is 1. The van der Waals surface area contributed by atoms with E-state index < -0.39 is 5.60 Å². The van der Waals surface area contributed by atoms with Crippen molar-refractivity contribution >= 4 is 0 Å². The molecule has 0 spiro atoms. The van der Waals surface area contributed by atoms with E-state index in [-0.39, 0.29) is 0 Å². The molecule has 2 aromatic heterocycles. The second-order valence-corrected chi connectivity index (χ2v) is 6.90. The molecule has 0 aromatic carbocycles. The zero-order valence-electron chi connectivity index (χ0n) is 13.4. The Morgan fingerprint density at radius 3 is 3.13 bits per heavy atom. The average Bonchev–Trinajstić information content (AvgIpc) is 3.27. The highest BCUT2D eigenvalue weighted by atomic mass is 16.5. The summed E-state index contributed by atoms with van der Waals surface area (Å²) >= 11 is 0. The monoisotopic (exact) mass is 317 g/mol. The highest BCUT2D eigenvalue weighted by molar-refractivity contribution is 5.44. The van der Waals surface area contributed by atoms with Gasteiger partial charge in [0.15, 0.2) is 5.76 Å². The molecule has 2 fully saturated rings. The Morgan fingerprint density at radius 2 is 2.35 bits per heavy atom. The lowest BCUT2D eigenvalue weighted by Crippen LogP contribution is -2.44. The molecule has 6 nitrogen and oxygen atoms in total. The van der Waals surface area contributed by atoms with Crippen LogP contribution in [0.2, 0.25) is 0 Å². The van der Waals surface area contributed by atoms with Gasteiger partial charge in [-0.1, -0.05) is 18.5 Å².